The van der Waals surface area contributed by atoms with E-state index in [4.69, 9.17) is 9.47 Å². The first-order valence-electron chi connectivity index (χ1n) is 10.9. The zero-order valence-corrected chi connectivity index (χ0v) is 19.0. The summed E-state index contributed by atoms with van der Waals surface area (Å²) in [6.45, 7) is 6.84. The molecule has 0 aromatic heterocycles. The number of carbonyl (C=O) groups excluding carboxylic acids is 2. The van der Waals surface area contributed by atoms with Gasteiger partial charge in [-0.15, -0.1) is 0 Å². The average Bonchev–Trinajstić information content (AvgIpc) is 2.79. The number of rotatable bonds is 12. The van der Waals surface area contributed by atoms with Crippen molar-refractivity contribution in [2.75, 3.05) is 20.3 Å². The van der Waals surface area contributed by atoms with Crippen LogP contribution in [0, 0.1) is 6.92 Å². The van der Waals surface area contributed by atoms with Crippen LogP contribution in [0.25, 0.3) is 0 Å². The second kappa shape index (κ2) is 12.6. The molecule has 0 saturated carbocycles. The van der Waals surface area contributed by atoms with E-state index in [1.807, 2.05) is 38.1 Å². The summed E-state index contributed by atoms with van der Waals surface area (Å²) >= 11 is 0. The highest BCUT2D eigenvalue weighted by Crippen LogP contribution is 2.18. The number of methoxy groups -OCH3 is 1. The largest absolute Gasteiger partial charge is 0.497 e. The number of ether oxygens (including phenoxy) is 2. The Balaban J connectivity index is 2.14. The third-order valence-corrected chi connectivity index (χ3v) is 5.11. The molecule has 2 amide bonds. The fourth-order valence-corrected chi connectivity index (χ4v) is 3.22. The van der Waals surface area contributed by atoms with Crippen LogP contribution in [0.15, 0.2) is 48.5 Å². The van der Waals surface area contributed by atoms with E-state index in [2.05, 4.69) is 12.2 Å². The number of hydrogen-bond donors (Lipinski definition) is 1. The van der Waals surface area contributed by atoms with E-state index in [1.165, 1.54) is 0 Å². The van der Waals surface area contributed by atoms with Crippen molar-refractivity contribution in [2.24, 2.45) is 0 Å². The van der Waals surface area contributed by atoms with Crippen LogP contribution < -0.4 is 14.8 Å². The lowest BCUT2D eigenvalue weighted by Gasteiger charge is -2.30. The molecule has 31 heavy (non-hydrogen) atoms. The summed E-state index contributed by atoms with van der Waals surface area (Å²) in [7, 11) is 1.60. The standard InChI is InChI=1S/C25H34N2O4/c1-5-7-16-26-25(29)23(6-2)27(17-20-10-8-19(3)9-11-20)24(28)18-31-22-14-12-21(30-4)13-15-22/h8-15,23H,5-7,16-18H2,1-4H3,(H,26,29). The van der Waals surface area contributed by atoms with Gasteiger partial charge in [0.25, 0.3) is 5.91 Å². The van der Waals surface area contributed by atoms with Crippen LogP contribution in [0.5, 0.6) is 11.5 Å². The summed E-state index contributed by atoms with van der Waals surface area (Å²) in [5, 5.41) is 2.96. The Morgan fingerprint density at radius 3 is 2.23 bits per heavy atom. The molecule has 2 rings (SSSR count). The quantitative estimate of drug-likeness (QED) is 0.519. The third-order valence-electron chi connectivity index (χ3n) is 5.11. The second-order valence-corrected chi connectivity index (χ2v) is 7.54. The molecule has 0 radical (unpaired) electrons. The predicted octanol–water partition coefficient (Wildman–Crippen LogP) is 4.11. The van der Waals surface area contributed by atoms with Crippen molar-refractivity contribution >= 4 is 11.8 Å². The monoisotopic (exact) mass is 426 g/mol. The van der Waals surface area contributed by atoms with Gasteiger partial charge in [-0.3, -0.25) is 9.59 Å². The van der Waals surface area contributed by atoms with Gasteiger partial charge in [0.05, 0.1) is 7.11 Å². The number of carbonyl (C=O) groups is 2. The maximum absolute atomic E-state index is 13.1. The predicted molar refractivity (Wildman–Crippen MR) is 122 cm³/mol. The van der Waals surface area contributed by atoms with Gasteiger partial charge in [-0.05, 0) is 49.6 Å². The molecule has 2 aromatic rings. The van der Waals surface area contributed by atoms with Crippen LogP contribution in [-0.4, -0.2) is 43.0 Å². The Hall–Kier alpha value is -3.02. The zero-order valence-electron chi connectivity index (χ0n) is 19.0. The molecule has 2 aromatic carbocycles. The van der Waals surface area contributed by atoms with Crippen molar-refractivity contribution in [1.82, 2.24) is 10.2 Å². The van der Waals surface area contributed by atoms with E-state index >= 15 is 0 Å². The lowest BCUT2D eigenvalue weighted by Crippen LogP contribution is -2.50. The topological polar surface area (TPSA) is 67.9 Å². The van der Waals surface area contributed by atoms with Crippen molar-refractivity contribution in [2.45, 2.75) is 52.6 Å². The molecule has 0 aliphatic rings. The molecule has 0 aliphatic heterocycles. The summed E-state index contributed by atoms with van der Waals surface area (Å²) in [5.74, 6) is 0.939. The summed E-state index contributed by atoms with van der Waals surface area (Å²) < 4.78 is 10.8. The van der Waals surface area contributed by atoms with Crippen LogP contribution in [-0.2, 0) is 16.1 Å². The third kappa shape index (κ3) is 7.63. The van der Waals surface area contributed by atoms with Gasteiger partial charge < -0.3 is 19.7 Å². The molecule has 0 bridgehead atoms. The summed E-state index contributed by atoms with van der Waals surface area (Å²) in [6.07, 6.45) is 2.44. The highest BCUT2D eigenvalue weighted by atomic mass is 16.5. The Bertz CT molecular complexity index is 818. The number of nitrogens with one attached hydrogen (secondary N) is 1. The van der Waals surface area contributed by atoms with Gasteiger partial charge in [-0.25, -0.2) is 0 Å². The van der Waals surface area contributed by atoms with E-state index < -0.39 is 6.04 Å². The average molecular weight is 427 g/mol. The number of unbranched alkanes of at least 4 members (excludes halogenated alkanes) is 1. The minimum absolute atomic E-state index is 0.124. The molecule has 1 atom stereocenters. The van der Waals surface area contributed by atoms with Crippen LogP contribution in [0.1, 0.15) is 44.2 Å². The first-order chi connectivity index (χ1) is 15.0. The molecule has 1 unspecified atom stereocenters. The smallest absolute Gasteiger partial charge is 0.261 e. The van der Waals surface area contributed by atoms with Gasteiger partial charge in [0, 0.05) is 13.1 Å². The minimum atomic E-state index is -0.551. The van der Waals surface area contributed by atoms with Gasteiger partial charge in [0.2, 0.25) is 5.91 Å². The maximum Gasteiger partial charge on any atom is 0.261 e. The highest BCUT2D eigenvalue weighted by Gasteiger charge is 2.28. The molecule has 0 heterocycles. The molecular weight excluding hydrogens is 392 g/mol. The number of nitrogens with zero attached hydrogens (tertiary/aromatic N) is 1. The highest BCUT2D eigenvalue weighted by molar-refractivity contribution is 5.88. The molecule has 6 heteroatoms. The van der Waals surface area contributed by atoms with Crippen molar-refractivity contribution in [3.8, 4) is 11.5 Å². The van der Waals surface area contributed by atoms with Crippen molar-refractivity contribution in [3.63, 3.8) is 0 Å². The van der Waals surface area contributed by atoms with Crippen LogP contribution in [0.3, 0.4) is 0 Å². The Morgan fingerprint density at radius 2 is 1.65 bits per heavy atom. The van der Waals surface area contributed by atoms with E-state index in [-0.39, 0.29) is 18.4 Å². The van der Waals surface area contributed by atoms with Gasteiger partial charge in [-0.2, -0.15) is 0 Å². The van der Waals surface area contributed by atoms with E-state index in [9.17, 15) is 9.59 Å². The summed E-state index contributed by atoms with van der Waals surface area (Å²) in [6, 6.07) is 14.5. The normalized spacial score (nSPS) is 11.5. The number of hydrogen-bond acceptors (Lipinski definition) is 4. The molecule has 6 nitrogen and oxygen atoms in total. The lowest BCUT2D eigenvalue weighted by molar-refractivity contribution is -0.143. The van der Waals surface area contributed by atoms with Crippen LogP contribution in [0.2, 0.25) is 0 Å². The summed E-state index contributed by atoms with van der Waals surface area (Å²) in [4.78, 5) is 27.6. The van der Waals surface area contributed by atoms with Gasteiger partial charge in [0.15, 0.2) is 6.61 Å². The Morgan fingerprint density at radius 1 is 1.00 bits per heavy atom. The zero-order chi connectivity index (χ0) is 22.6. The molecule has 0 aliphatic carbocycles. The molecular formula is C25H34N2O4. The van der Waals surface area contributed by atoms with E-state index in [0.717, 1.165) is 29.7 Å². The fourth-order valence-electron chi connectivity index (χ4n) is 3.22. The van der Waals surface area contributed by atoms with Gasteiger partial charge >= 0.3 is 0 Å². The molecule has 1 N–H and O–H groups in total. The minimum Gasteiger partial charge on any atom is -0.497 e. The Labute approximate surface area is 185 Å². The Kier molecular flexibility index (Phi) is 9.88. The molecule has 0 spiro atoms. The van der Waals surface area contributed by atoms with Gasteiger partial charge in [0.1, 0.15) is 17.5 Å². The maximum atomic E-state index is 13.1. The van der Waals surface area contributed by atoms with Gasteiger partial charge in [-0.1, -0.05) is 50.1 Å². The second-order valence-electron chi connectivity index (χ2n) is 7.54. The molecule has 0 fully saturated rings. The SMILES string of the molecule is CCCCNC(=O)C(CC)N(Cc1ccc(C)cc1)C(=O)COc1ccc(OC)cc1. The first-order valence-corrected chi connectivity index (χ1v) is 10.9. The van der Waals surface area contributed by atoms with Crippen LogP contribution >= 0.6 is 0 Å². The lowest BCUT2D eigenvalue weighted by atomic mass is 10.1. The molecule has 0 saturated heterocycles. The van der Waals surface area contributed by atoms with Crippen molar-refractivity contribution in [3.05, 3.63) is 59.7 Å². The van der Waals surface area contributed by atoms with E-state index in [0.29, 0.717) is 25.3 Å². The number of benzene rings is 2. The fraction of sp³-hybridized carbons (Fsp3) is 0.440. The summed E-state index contributed by atoms with van der Waals surface area (Å²) in [5.41, 5.74) is 2.12. The molecule has 168 valence electrons. The van der Waals surface area contributed by atoms with Crippen LogP contribution in [0.4, 0.5) is 0 Å². The van der Waals surface area contributed by atoms with Crippen molar-refractivity contribution in [1.29, 1.82) is 0 Å². The van der Waals surface area contributed by atoms with Crippen molar-refractivity contribution < 1.29 is 19.1 Å². The van der Waals surface area contributed by atoms with E-state index in [1.54, 1.807) is 36.3 Å². The number of amides is 2. The number of aryl methyl sites for hydroxylation is 1. The first kappa shape index (κ1) is 24.3.